The van der Waals surface area contributed by atoms with Crippen LogP contribution in [-0.4, -0.2) is 42.6 Å². The molecule has 0 fully saturated rings. The van der Waals surface area contributed by atoms with E-state index in [0.717, 1.165) is 0 Å². The number of carbonyl (C=O) groups excluding carboxylic acids is 1. The largest absolute Gasteiger partial charge is 0.480 e. The molecule has 0 rings (SSSR count). The van der Waals surface area contributed by atoms with Crippen molar-refractivity contribution in [2.45, 2.75) is 45.8 Å². The molecule has 0 spiro atoms. The average Bonchev–Trinajstić information content (AvgIpc) is 2.24. The van der Waals surface area contributed by atoms with Gasteiger partial charge in [0.15, 0.2) is 15.3 Å². The minimum atomic E-state index is -3.48. The lowest BCUT2D eigenvalue weighted by Crippen LogP contribution is -2.41. The lowest BCUT2D eigenvalue weighted by atomic mass is 9.88. The maximum atomic E-state index is 12.0. The number of aliphatic carboxylic acids is 1. The van der Waals surface area contributed by atoms with E-state index in [4.69, 9.17) is 9.84 Å². The molecule has 0 aromatic carbocycles. The van der Waals surface area contributed by atoms with Crippen molar-refractivity contribution in [2.75, 3.05) is 12.4 Å². The number of ether oxygens (including phenoxy) is 1. The van der Waals surface area contributed by atoms with Crippen LogP contribution in [0.25, 0.3) is 0 Å². The van der Waals surface area contributed by atoms with Gasteiger partial charge in [0.2, 0.25) is 0 Å². The molecule has 0 heterocycles. The van der Waals surface area contributed by atoms with Crippen molar-refractivity contribution in [3.05, 3.63) is 0 Å². The molecule has 0 aromatic rings. The van der Waals surface area contributed by atoms with E-state index in [0.29, 0.717) is 0 Å². The minimum absolute atomic E-state index is 0.0493. The normalized spacial score (nSPS) is 15.6. The Kier molecular flexibility index (Phi) is 5.55. The van der Waals surface area contributed by atoms with E-state index in [9.17, 15) is 18.0 Å². The van der Waals surface area contributed by atoms with Crippen LogP contribution < -0.4 is 0 Å². The second kappa shape index (κ2) is 5.90. The number of carboxylic acids is 1. The van der Waals surface area contributed by atoms with Crippen LogP contribution in [0.4, 0.5) is 0 Å². The number of rotatable bonds is 6. The Hall–Kier alpha value is -1.11. The molecule has 0 aliphatic carbocycles. The minimum Gasteiger partial charge on any atom is -0.480 e. The first-order valence-corrected chi connectivity index (χ1v) is 7.66. The maximum absolute atomic E-state index is 12.0. The van der Waals surface area contributed by atoms with Gasteiger partial charge in [0.1, 0.15) is 0 Å². The van der Waals surface area contributed by atoms with E-state index in [1.807, 2.05) is 0 Å². The van der Waals surface area contributed by atoms with E-state index in [2.05, 4.69) is 0 Å². The first-order valence-electron chi connectivity index (χ1n) is 6.01. The number of hydrogen-bond donors (Lipinski definition) is 1. The molecular weight excluding hydrogens is 272 g/mol. The van der Waals surface area contributed by atoms with Crippen molar-refractivity contribution in [2.24, 2.45) is 5.41 Å². The van der Waals surface area contributed by atoms with Crippen molar-refractivity contribution < 1.29 is 27.9 Å². The summed E-state index contributed by atoms with van der Waals surface area (Å²) < 4.78 is 27.6. The van der Waals surface area contributed by atoms with Crippen LogP contribution in [0, 0.1) is 5.41 Å². The van der Waals surface area contributed by atoms with E-state index in [-0.39, 0.29) is 18.8 Å². The molecule has 0 radical (unpaired) electrons. The third kappa shape index (κ3) is 4.19. The second-order valence-electron chi connectivity index (χ2n) is 5.54. The van der Waals surface area contributed by atoms with Gasteiger partial charge in [0.25, 0.3) is 0 Å². The van der Waals surface area contributed by atoms with Crippen LogP contribution in [0.2, 0.25) is 0 Å². The zero-order valence-corrected chi connectivity index (χ0v) is 12.8. The van der Waals surface area contributed by atoms with Gasteiger partial charge in [-0.15, -0.1) is 0 Å². The smallest absolute Gasteiger partial charge is 0.323 e. The Labute approximate surface area is 114 Å². The Morgan fingerprint density at radius 1 is 1.16 bits per heavy atom. The first kappa shape index (κ1) is 17.9. The average molecular weight is 294 g/mol. The van der Waals surface area contributed by atoms with E-state index in [1.165, 1.54) is 27.7 Å². The molecule has 0 aromatic heterocycles. The van der Waals surface area contributed by atoms with Crippen LogP contribution in [0.3, 0.4) is 0 Å². The van der Waals surface area contributed by atoms with Gasteiger partial charge in [-0.25, -0.2) is 8.42 Å². The monoisotopic (exact) mass is 294 g/mol. The van der Waals surface area contributed by atoms with Gasteiger partial charge >= 0.3 is 11.9 Å². The second-order valence-corrected chi connectivity index (χ2v) is 8.40. The molecule has 0 amide bonds. The molecule has 0 aliphatic rings. The third-order valence-corrected chi connectivity index (χ3v) is 5.61. The molecule has 7 heteroatoms. The molecule has 1 N–H and O–H groups in total. The van der Waals surface area contributed by atoms with Gasteiger partial charge in [-0.2, -0.15) is 0 Å². The molecule has 19 heavy (non-hydrogen) atoms. The molecule has 6 nitrogen and oxygen atoms in total. The summed E-state index contributed by atoms with van der Waals surface area (Å²) >= 11 is 0. The summed E-state index contributed by atoms with van der Waals surface area (Å²) in [5.74, 6) is -2.67. The Bertz CT molecular complexity index is 445. The lowest BCUT2D eigenvalue weighted by molar-refractivity contribution is -0.167. The van der Waals surface area contributed by atoms with Crippen LogP contribution in [0.1, 0.15) is 41.0 Å². The number of carboxylic acid groups (broad SMARTS) is 1. The zero-order valence-electron chi connectivity index (χ0n) is 12.0. The van der Waals surface area contributed by atoms with Crippen LogP contribution in [0.15, 0.2) is 0 Å². The van der Waals surface area contributed by atoms with Crippen molar-refractivity contribution >= 4 is 21.8 Å². The van der Waals surface area contributed by atoms with Crippen molar-refractivity contribution in [1.82, 2.24) is 0 Å². The third-order valence-electron chi connectivity index (χ3n) is 3.00. The zero-order chi connectivity index (χ0) is 15.5. The summed E-state index contributed by atoms with van der Waals surface area (Å²) in [5.41, 5.74) is -1.84. The van der Waals surface area contributed by atoms with Crippen molar-refractivity contribution in [3.63, 3.8) is 0 Å². The molecule has 1 atom stereocenters. The van der Waals surface area contributed by atoms with Crippen molar-refractivity contribution in [3.8, 4) is 0 Å². The van der Waals surface area contributed by atoms with Crippen molar-refractivity contribution in [1.29, 1.82) is 0 Å². The first-order chi connectivity index (χ1) is 8.38. The molecule has 0 aliphatic heterocycles. The molecule has 0 saturated carbocycles. The summed E-state index contributed by atoms with van der Waals surface area (Å²) in [6.07, 6.45) is -0.305. The van der Waals surface area contributed by atoms with E-state index < -0.39 is 31.9 Å². The Balaban J connectivity index is 5.11. The fourth-order valence-electron chi connectivity index (χ4n) is 1.23. The van der Waals surface area contributed by atoms with Gasteiger partial charge in [-0.3, -0.25) is 9.59 Å². The Morgan fingerprint density at radius 2 is 1.63 bits per heavy atom. The van der Waals surface area contributed by atoms with Gasteiger partial charge in [0, 0.05) is 0 Å². The fraction of sp³-hybridized carbons (Fsp3) is 0.833. The number of hydrogen-bond acceptors (Lipinski definition) is 5. The summed E-state index contributed by atoms with van der Waals surface area (Å²) in [6.45, 7) is 7.39. The SMILES string of the molecule is CCOC(=O)C(C)(CCS(=O)(=O)C(C)(C)C)C(=O)O. The van der Waals surface area contributed by atoms with E-state index >= 15 is 0 Å². The van der Waals surface area contributed by atoms with Crippen LogP contribution in [-0.2, 0) is 24.2 Å². The van der Waals surface area contributed by atoms with Crippen LogP contribution in [0.5, 0.6) is 0 Å². The standard InChI is InChI=1S/C12H22O6S/c1-6-18-10(15)12(5,9(13)14)7-8-19(16,17)11(2,3)4/h6-8H2,1-5H3,(H,13,14). The maximum Gasteiger partial charge on any atom is 0.323 e. The summed E-state index contributed by atoms with van der Waals surface area (Å²) in [4.78, 5) is 22.9. The predicted molar refractivity (Wildman–Crippen MR) is 70.5 cm³/mol. The molecular formula is C12H22O6S. The van der Waals surface area contributed by atoms with Gasteiger partial charge in [-0.05, 0) is 41.0 Å². The summed E-state index contributed by atoms with van der Waals surface area (Å²) in [7, 11) is -3.48. The highest BCUT2D eigenvalue weighted by molar-refractivity contribution is 7.92. The predicted octanol–water partition coefficient (Wildman–Crippen LogP) is 1.24. The highest BCUT2D eigenvalue weighted by Crippen LogP contribution is 2.27. The molecule has 1 unspecified atom stereocenters. The Morgan fingerprint density at radius 3 is 1.95 bits per heavy atom. The molecule has 0 bridgehead atoms. The molecule has 112 valence electrons. The number of carbonyl (C=O) groups is 2. The summed E-state index contributed by atoms with van der Waals surface area (Å²) in [6, 6.07) is 0. The van der Waals surface area contributed by atoms with Crippen LogP contribution >= 0.6 is 0 Å². The van der Waals surface area contributed by atoms with E-state index in [1.54, 1.807) is 6.92 Å². The summed E-state index contributed by atoms with van der Waals surface area (Å²) in [5, 5.41) is 9.13. The topological polar surface area (TPSA) is 97.7 Å². The lowest BCUT2D eigenvalue weighted by Gasteiger charge is -2.25. The highest BCUT2D eigenvalue weighted by Gasteiger charge is 2.44. The molecule has 0 saturated heterocycles. The van der Waals surface area contributed by atoms with Gasteiger partial charge in [-0.1, -0.05) is 0 Å². The van der Waals surface area contributed by atoms with Gasteiger partial charge in [0.05, 0.1) is 17.1 Å². The number of esters is 1. The number of sulfone groups is 1. The quantitative estimate of drug-likeness (QED) is 0.584. The fourth-order valence-corrected chi connectivity index (χ4v) is 2.52. The highest BCUT2D eigenvalue weighted by atomic mass is 32.2. The van der Waals surface area contributed by atoms with Gasteiger partial charge < -0.3 is 9.84 Å².